The summed E-state index contributed by atoms with van der Waals surface area (Å²) in [6, 6.07) is 32.3. The van der Waals surface area contributed by atoms with Gasteiger partial charge in [-0.25, -0.2) is 0 Å². The molecule has 0 bridgehead atoms. The Morgan fingerprint density at radius 1 is 0.560 bits per heavy atom. The van der Waals surface area contributed by atoms with Crippen LogP contribution in [0.5, 0.6) is 0 Å². The Balaban J connectivity index is 2.09. The van der Waals surface area contributed by atoms with E-state index >= 15 is 0 Å². The molecular formula is C23H16OS. The highest BCUT2D eigenvalue weighted by Crippen LogP contribution is 2.40. The summed E-state index contributed by atoms with van der Waals surface area (Å²) >= 11 is 1.31. The smallest absolute Gasteiger partial charge is 0.233 e. The molecule has 0 saturated carbocycles. The van der Waals surface area contributed by atoms with Gasteiger partial charge in [0.15, 0.2) is 0 Å². The zero-order chi connectivity index (χ0) is 17.1. The van der Waals surface area contributed by atoms with E-state index in [0.29, 0.717) is 0 Å². The van der Waals surface area contributed by atoms with Crippen LogP contribution in [0.3, 0.4) is 0 Å². The van der Waals surface area contributed by atoms with Crippen LogP contribution in [0, 0.1) is 0 Å². The SMILES string of the molecule is O=c1cc(-c2ccccc2)c(-c2ccccc2)c(-c2ccccc2)s1. The Morgan fingerprint density at radius 3 is 1.60 bits per heavy atom. The molecule has 1 nitrogen and oxygen atoms in total. The van der Waals surface area contributed by atoms with Crippen LogP contribution in [0.15, 0.2) is 102 Å². The Morgan fingerprint density at radius 2 is 1.04 bits per heavy atom. The van der Waals surface area contributed by atoms with Gasteiger partial charge in [-0.15, -0.1) is 0 Å². The molecule has 0 aliphatic rings. The third-order valence-electron chi connectivity index (χ3n) is 4.14. The molecule has 1 aromatic heterocycles. The maximum Gasteiger partial charge on any atom is 0.233 e. The molecule has 1 heterocycles. The minimum atomic E-state index is 0.0670. The largest absolute Gasteiger partial charge is 0.278 e. The van der Waals surface area contributed by atoms with Crippen molar-refractivity contribution in [2.24, 2.45) is 0 Å². The van der Waals surface area contributed by atoms with Crippen LogP contribution in [-0.4, -0.2) is 0 Å². The van der Waals surface area contributed by atoms with Gasteiger partial charge in [-0.3, -0.25) is 4.79 Å². The second-order valence-corrected chi connectivity index (χ2v) is 6.80. The highest BCUT2D eigenvalue weighted by atomic mass is 32.1. The minimum Gasteiger partial charge on any atom is -0.278 e. The summed E-state index contributed by atoms with van der Waals surface area (Å²) < 4.78 is 0.0670. The van der Waals surface area contributed by atoms with E-state index in [1.54, 1.807) is 6.07 Å². The highest BCUT2D eigenvalue weighted by molar-refractivity contribution is 7.13. The van der Waals surface area contributed by atoms with Crippen molar-refractivity contribution >= 4 is 11.3 Å². The van der Waals surface area contributed by atoms with E-state index in [2.05, 4.69) is 36.4 Å². The molecule has 0 unspecified atom stereocenters. The average molecular weight is 340 g/mol. The van der Waals surface area contributed by atoms with E-state index < -0.39 is 0 Å². The van der Waals surface area contributed by atoms with E-state index in [1.807, 2.05) is 54.6 Å². The third-order valence-corrected chi connectivity index (χ3v) is 5.11. The van der Waals surface area contributed by atoms with Gasteiger partial charge in [0.1, 0.15) is 0 Å². The van der Waals surface area contributed by atoms with Crippen molar-refractivity contribution in [2.45, 2.75) is 0 Å². The van der Waals surface area contributed by atoms with Gasteiger partial charge >= 0.3 is 0 Å². The van der Waals surface area contributed by atoms with E-state index in [4.69, 9.17) is 0 Å². The number of hydrogen-bond acceptors (Lipinski definition) is 2. The normalized spacial score (nSPS) is 10.6. The molecule has 0 atom stereocenters. The van der Waals surface area contributed by atoms with Crippen LogP contribution in [0.2, 0.25) is 0 Å². The van der Waals surface area contributed by atoms with Gasteiger partial charge in [-0.2, -0.15) is 0 Å². The zero-order valence-electron chi connectivity index (χ0n) is 13.6. The summed E-state index contributed by atoms with van der Waals surface area (Å²) in [7, 11) is 0. The molecule has 0 amide bonds. The van der Waals surface area contributed by atoms with Crippen LogP contribution in [0.1, 0.15) is 0 Å². The lowest BCUT2D eigenvalue weighted by Gasteiger charge is -2.15. The molecule has 4 rings (SSSR count). The fourth-order valence-electron chi connectivity index (χ4n) is 3.02. The zero-order valence-corrected chi connectivity index (χ0v) is 14.4. The van der Waals surface area contributed by atoms with Gasteiger partial charge in [-0.1, -0.05) is 102 Å². The Labute approximate surface area is 150 Å². The van der Waals surface area contributed by atoms with Crippen molar-refractivity contribution in [1.29, 1.82) is 0 Å². The van der Waals surface area contributed by atoms with Crippen molar-refractivity contribution in [3.05, 3.63) is 107 Å². The molecule has 0 N–H and O–H groups in total. The first-order valence-corrected chi connectivity index (χ1v) is 8.99. The first kappa shape index (κ1) is 15.6. The summed E-state index contributed by atoms with van der Waals surface area (Å²) in [5.74, 6) is 0. The predicted molar refractivity (Wildman–Crippen MR) is 107 cm³/mol. The first-order valence-electron chi connectivity index (χ1n) is 8.17. The Kier molecular flexibility index (Phi) is 4.28. The first-order chi connectivity index (χ1) is 12.3. The van der Waals surface area contributed by atoms with Crippen molar-refractivity contribution < 1.29 is 0 Å². The van der Waals surface area contributed by atoms with E-state index in [-0.39, 0.29) is 4.74 Å². The Hall–Kier alpha value is -2.97. The summed E-state index contributed by atoms with van der Waals surface area (Å²) in [6.45, 7) is 0. The van der Waals surface area contributed by atoms with E-state index in [9.17, 15) is 4.79 Å². The fraction of sp³-hybridized carbons (Fsp3) is 0. The van der Waals surface area contributed by atoms with Gasteiger partial charge in [0.25, 0.3) is 0 Å². The molecule has 0 aliphatic heterocycles. The van der Waals surface area contributed by atoms with Crippen LogP contribution in [-0.2, 0) is 0 Å². The summed E-state index contributed by atoms with van der Waals surface area (Å²) in [6.07, 6.45) is 0. The van der Waals surface area contributed by atoms with Gasteiger partial charge in [0.2, 0.25) is 4.74 Å². The van der Waals surface area contributed by atoms with Crippen molar-refractivity contribution in [2.75, 3.05) is 0 Å². The van der Waals surface area contributed by atoms with Gasteiger partial charge < -0.3 is 0 Å². The quantitative estimate of drug-likeness (QED) is 0.440. The Bertz CT molecular complexity index is 972. The second kappa shape index (κ2) is 6.88. The van der Waals surface area contributed by atoms with E-state index in [1.165, 1.54) is 11.3 Å². The van der Waals surface area contributed by atoms with Gasteiger partial charge in [0, 0.05) is 16.5 Å². The maximum atomic E-state index is 12.5. The van der Waals surface area contributed by atoms with Crippen molar-refractivity contribution in [1.82, 2.24) is 0 Å². The predicted octanol–water partition coefficient (Wildman–Crippen LogP) is 6.11. The lowest BCUT2D eigenvalue weighted by Crippen LogP contribution is -1.98. The van der Waals surface area contributed by atoms with Crippen LogP contribution < -0.4 is 4.74 Å². The molecule has 25 heavy (non-hydrogen) atoms. The lowest BCUT2D eigenvalue weighted by atomic mass is 9.93. The maximum absolute atomic E-state index is 12.5. The van der Waals surface area contributed by atoms with Gasteiger partial charge in [0.05, 0.1) is 0 Å². The van der Waals surface area contributed by atoms with Crippen LogP contribution in [0.25, 0.3) is 32.7 Å². The topological polar surface area (TPSA) is 17.1 Å². The number of rotatable bonds is 3. The monoisotopic (exact) mass is 340 g/mol. The molecule has 0 fully saturated rings. The lowest BCUT2D eigenvalue weighted by molar-refractivity contribution is 1.59. The summed E-state index contributed by atoms with van der Waals surface area (Å²) in [5.41, 5.74) is 5.35. The molecule has 0 radical (unpaired) electrons. The minimum absolute atomic E-state index is 0.0670. The summed E-state index contributed by atoms with van der Waals surface area (Å²) in [4.78, 5) is 13.5. The van der Waals surface area contributed by atoms with Crippen LogP contribution in [0.4, 0.5) is 0 Å². The standard InChI is InChI=1S/C23H16OS/c24-21-16-20(17-10-4-1-5-11-17)22(18-12-6-2-7-13-18)23(25-21)19-14-8-3-9-15-19/h1-16H. The highest BCUT2D eigenvalue weighted by Gasteiger charge is 2.16. The molecule has 4 aromatic rings. The summed E-state index contributed by atoms with van der Waals surface area (Å²) in [5, 5.41) is 0. The average Bonchev–Trinajstić information content (AvgIpc) is 2.69. The van der Waals surface area contributed by atoms with Crippen LogP contribution >= 0.6 is 11.3 Å². The molecule has 2 heteroatoms. The molecule has 0 aliphatic carbocycles. The molecular weight excluding hydrogens is 324 g/mol. The molecule has 0 spiro atoms. The second-order valence-electron chi connectivity index (χ2n) is 5.78. The number of hydrogen-bond donors (Lipinski definition) is 0. The fourth-order valence-corrected chi connectivity index (χ4v) is 3.98. The number of benzene rings is 3. The van der Waals surface area contributed by atoms with Gasteiger partial charge in [-0.05, 0) is 22.3 Å². The van der Waals surface area contributed by atoms with Crippen molar-refractivity contribution in [3.63, 3.8) is 0 Å². The third kappa shape index (κ3) is 3.17. The molecule has 120 valence electrons. The molecule has 3 aromatic carbocycles. The van der Waals surface area contributed by atoms with Crippen molar-refractivity contribution in [3.8, 4) is 32.7 Å². The van der Waals surface area contributed by atoms with E-state index in [0.717, 1.165) is 32.7 Å². The molecule has 0 saturated heterocycles.